The molecule has 0 spiro atoms. The van der Waals surface area contributed by atoms with Gasteiger partial charge >= 0.3 is 0 Å². The fourth-order valence-electron chi connectivity index (χ4n) is 3.00. The van der Waals surface area contributed by atoms with Crippen LogP contribution in [0, 0.1) is 0 Å². The van der Waals surface area contributed by atoms with Crippen LogP contribution in [-0.4, -0.2) is 26.4 Å². The molecule has 0 aliphatic carbocycles. The summed E-state index contributed by atoms with van der Waals surface area (Å²) in [6.07, 6.45) is 1.47. The predicted octanol–water partition coefficient (Wildman–Crippen LogP) is 3.48. The standard InChI is InChI=1S/C19H16N4O2S/c1-2-6-13(7-3-1)10-11-17-20-21-19-23(17)22-18(26-19)16-12-24-14-8-4-5-9-15(14)25-16/h1-9,16H,10-12H2/t16-/m1/s1. The number of aromatic nitrogens is 4. The monoisotopic (exact) mass is 364 g/mol. The van der Waals surface area contributed by atoms with E-state index in [-0.39, 0.29) is 6.10 Å². The summed E-state index contributed by atoms with van der Waals surface area (Å²) in [4.78, 5) is 0.783. The molecule has 0 unspecified atom stereocenters. The fraction of sp³-hybridized carbons (Fsp3) is 0.211. The van der Waals surface area contributed by atoms with Crippen molar-refractivity contribution in [2.24, 2.45) is 0 Å². The second-order valence-corrected chi connectivity index (χ2v) is 7.09. The normalized spacial score (nSPS) is 16.1. The molecule has 1 atom stereocenters. The minimum Gasteiger partial charge on any atom is -0.485 e. The van der Waals surface area contributed by atoms with Crippen molar-refractivity contribution in [3.63, 3.8) is 0 Å². The molecule has 0 radical (unpaired) electrons. The van der Waals surface area contributed by atoms with Gasteiger partial charge in [0, 0.05) is 6.42 Å². The van der Waals surface area contributed by atoms with E-state index in [1.807, 2.05) is 47.0 Å². The van der Waals surface area contributed by atoms with Gasteiger partial charge in [-0.25, -0.2) is 0 Å². The van der Waals surface area contributed by atoms with E-state index in [4.69, 9.17) is 9.47 Å². The van der Waals surface area contributed by atoms with Gasteiger partial charge in [-0.2, -0.15) is 9.61 Å². The molecule has 1 aliphatic heterocycles. The van der Waals surface area contributed by atoms with E-state index in [0.29, 0.717) is 6.61 Å². The van der Waals surface area contributed by atoms with Gasteiger partial charge in [0.1, 0.15) is 6.61 Å². The number of rotatable bonds is 4. The van der Waals surface area contributed by atoms with Gasteiger partial charge in [-0.05, 0) is 24.1 Å². The van der Waals surface area contributed by atoms with E-state index in [1.165, 1.54) is 16.9 Å². The molecular weight excluding hydrogens is 348 g/mol. The molecule has 0 N–H and O–H groups in total. The lowest BCUT2D eigenvalue weighted by atomic mass is 10.1. The van der Waals surface area contributed by atoms with Gasteiger partial charge in [0.25, 0.3) is 0 Å². The van der Waals surface area contributed by atoms with Gasteiger partial charge in [0.2, 0.25) is 4.96 Å². The summed E-state index contributed by atoms with van der Waals surface area (Å²) < 4.78 is 13.7. The number of ether oxygens (including phenoxy) is 2. The molecule has 6 nitrogen and oxygen atoms in total. The lowest BCUT2D eigenvalue weighted by Gasteiger charge is -2.24. The van der Waals surface area contributed by atoms with Gasteiger partial charge in [-0.3, -0.25) is 0 Å². The third kappa shape index (κ3) is 2.80. The molecule has 130 valence electrons. The van der Waals surface area contributed by atoms with E-state index < -0.39 is 0 Å². The van der Waals surface area contributed by atoms with Crippen molar-refractivity contribution in [1.82, 2.24) is 19.8 Å². The molecular formula is C19H16N4O2S. The highest BCUT2D eigenvalue weighted by Crippen LogP contribution is 2.36. The second-order valence-electron chi connectivity index (χ2n) is 6.10. The Morgan fingerprint density at radius 3 is 2.65 bits per heavy atom. The number of benzene rings is 2. The summed E-state index contributed by atoms with van der Waals surface area (Å²) in [6, 6.07) is 18.1. The van der Waals surface area contributed by atoms with Gasteiger partial charge in [-0.1, -0.05) is 53.8 Å². The lowest BCUT2D eigenvalue weighted by Crippen LogP contribution is -2.21. The first-order valence-electron chi connectivity index (χ1n) is 8.50. The number of hydrogen-bond acceptors (Lipinski definition) is 6. The lowest BCUT2D eigenvalue weighted by molar-refractivity contribution is 0.0904. The molecule has 26 heavy (non-hydrogen) atoms. The minimum absolute atomic E-state index is 0.224. The highest BCUT2D eigenvalue weighted by Gasteiger charge is 2.26. The zero-order chi connectivity index (χ0) is 17.3. The molecule has 0 amide bonds. The largest absolute Gasteiger partial charge is 0.485 e. The quantitative estimate of drug-likeness (QED) is 0.555. The topological polar surface area (TPSA) is 61.5 Å². The zero-order valence-corrected chi connectivity index (χ0v) is 14.7. The maximum atomic E-state index is 6.05. The van der Waals surface area contributed by atoms with Crippen LogP contribution in [0.5, 0.6) is 11.5 Å². The number of aryl methyl sites for hydroxylation is 2. The molecule has 0 bridgehead atoms. The molecule has 1 aliphatic rings. The minimum atomic E-state index is -0.224. The first-order valence-corrected chi connectivity index (χ1v) is 9.32. The molecule has 5 rings (SSSR count). The van der Waals surface area contributed by atoms with Crippen molar-refractivity contribution < 1.29 is 9.47 Å². The maximum absolute atomic E-state index is 6.05. The van der Waals surface area contributed by atoms with E-state index >= 15 is 0 Å². The molecule has 0 saturated carbocycles. The average Bonchev–Trinajstić information content (AvgIpc) is 3.28. The Bertz CT molecular complexity index is 1040. The van der Waals surface area contributed by atoms with Crippen molar-refractivity contribution in [1.29, 1.82) is 0 Å². The molecule has 4 aromatic rings. The number of fused-ring (bicyclic) bond motifs is 2. The Morgan fingerprint density at radius 2 is 1.77 bits per heavy atom. The van der Waals surface area contributed by atoms with Crippen LogP contribution in [0.4, 0.5) is 0 Å². The smallest absolute Gasteiger partial charge is 0.234 e. The van der Waals surface area contributed by atoms with Gasteiger partial charge in [-0.15, -0.1) is 10.2 Å². The van der Waals surface area contributed by atoms with E-state index in [1.54, 1.807) is 0 Å². The SMILES string of the molecule is c1ccc(CCc2nnc3sc([C@H]4COc5ccccc5O4)nn23)cc1. The Morgan fingerprint density at radius 1 is 0.962 bits per heavy atom. The van der Waals surface area contributed by atoms with Crippen LogP contribution in [0.2, 0.25) is 0 Å². The summed E-state index contributed by atoms with van der Waals surface area (Å²) in [5, 5.41) is 14.1. The highest BCUT2D eigenvalue weighted by molar-refractivity contribution is 7.16. The zero-order valence-electron chi connectivity index (χ0n) is 13.9. The Kier molecular flexibility index (Phi) is 3.79. The third-order valence-electron chi connectivity index (χ3n) is 4.34. The summed E-state index contributed by atoms with van der Waals surface area (Å²) in [5.41, 5.74) is 1.28. The van der Waals surface area contributed by atoms with Crippen LogP contribution < -0.4 is 9.47 Å². The van der Waals surface area contributed by atoms with Crippen molar-refractivity contribution in [2.75, 3.05) is 6.61 Å². The Hall–Kier alpha value is -2.93. The van der Waals surface area contributed by atoms with E-state index in [9.17, 15) is 0 Å². The van der Waals surface area contributed by atoms with Crippen LogP contribution in [0.15, 0.2) is 54.6 Å². The maximum Gasteiger partial charge on any atom is 0.234 e. The number of hydrogen-bond donors (Lipinski definition) is 0. The van der Waals surface area contributed by atoms with Crippen LogP contribution >= 0.6 is 11.3 Å². The first-order chi connectivity index (χ1) is 12.9. The van der Waals surface area contributed by atoms with E-state index in [2.05, 4.69) is 27.4 Å². The van der Waals surface area contributed by atoms with Crippen molar-refractivity contribution in [2.45, 2.75) is 18.9 Å². The van der Waals surface area contributed by atoms with Gasteiger partial charge < -0.3 is 9.47 Å². The Balaban J connectivity index is 1.37. The first kappa shape index (κ1) is 15.3. The Labute approximate surface area is 154 Å². The molecule has 0 saturated heterocycles. The molecule has 3 heterocycles. The number of para-hydroxylation sites is 2. The predicted molar refractivity (Wildman–Crippen MR) is 97.8 cm³/mol. The molecule has 2 aromatic carbocycles. The van der Waals surface area contributed by atoms with Crippen molar-refractivity contribution in [3.8, 4) is 11.5 Å². The van der Waals surface area contributed by atoms with Crippen LogP contribution in [-0.2, 0) is 12.8 Å². The van der Waals surface area contributed by atoms with Crippen LogP contribution in [0.25, 0.3) is 4.96 Å². The number of nitrogens with zero attached hydrogens (tertiary/aromatic N) is 4. The summed E-state index contributed by atoms with van der Waals surface area (Å²) in [5.74, 6) is 2.39. The summed E-state index contributed by atoms with van der Waals surface area (Å²) >= 11 is 1.49. The average molecular weight is 364 g/mol. The van der Waals surface area contributed by atoms with Crippen molar-refractivity contribution in [3.05, 3.63) is 71.0 Å². The van der Waals surface area contributed by atoms with Gasteiger partial charge in [0.15, 0.2) is 28.4 Å². The van der Waals surface area contributed by atoms with Crippen LogP contribution in [0.3, 0.4) is 0 Å². The van der Waals surface area contributed by atoms with Crippen LogP contribution in [0.1, 0.15) is 22.5 Å². The second kappa shape index (κ2) is 6.42. The van der Waals surface area contributed by atoms with Gasteiger partial charge in [0.05, 0.1) is 0 Å². The molecule has 0 fully saturated rings. The highest BCUT2D eigenvalue weighted by atomic mass is 32.1. The fourth-order valence-corrected chi connectivity index (χ4v) is 3.87. The van der Waals surface area contributed by atoms with Crippen molar-refractivity contribution >= 4 is 16.3 Å². The van der Waals surface area contributed by atoms with E-state index in [0.717, 1.165) is 40.1 Å². The third-order valence-corrected chi connectivity index (χ3v) is 5.33. The summed E-state index contributed by atoms with van der Waals surface area (Å²) in [6.45, 7) is 0.445. The molecule has 2 aromatic heterocycles. The summed E-state index contributed by atoms with van der Waals surface area (Å²) in [7, 11) is 0. The molecule has 7 heteroatoms.